The van der Waals surface area contributed by atoms with Crippen LogP contribution in [0.4, 0.5) is 0 Å². The Hall–Kier alpha value is -2.68. The van der Waals surface area contributed by atoms with Gasteiger partial charge < -0.3 is 20.1 Å². The molecule has 0 aliphatic carbocycles. The van der Waals surface area contributed by atoms with Gasteiger partial charge in [0.15, 0.2) is 11.5 Å². The number of amides is 1. The lowest BCUT2D eigenvalue weighted by Gasteiger charge is -2.26. The molecule has 1 unspecified atom stereocenters. The van der Waals surface area contributed by atoms with Crippen molar-refractivity contribution in [2.24, 2.45) is 0 Å². The Kier molecular flexibility index (Phi) is 6.30. The molecule has 6 nitrogen and oxygen atoms in total. The van der Waals surface area contributed by atoms with Crippen LogP contribution in [0.1, 0.15) is 19.8 Å². The Balaban J connectivity index is 1.81. The Morgan fingerprint density at radius 3 is 2.96 bits per heavy atom. The average Bonchev–Trinajstić information content (AvgIpc) is 2.58. The first-order chi connectivity index (χ1) is 11.2. The predicted molar refractivity (Wildman–Crippen MR) is 86.0 cm³/mol. The van der Waals surface area contributed by atoms with E-state index in [1.165, 1.54) is 6.20 Å². The molecule has 1 atom stereocenters. The summed E-state index contributed by atoms with van der Waals surface area (Å²) in [6, 6.07) is 9.37. The van der Waals surface area contributed by atoms with Gasteiger partial charge in [-0.25, -0.2) is 0 Å². The van der Waals surface area contributed by atoms with Crippen LogP contribution < -0.4 is 20.1 Å². The van der Waals surface area contributed by atoms with Gasteiger partial charge in [-0.05, 0) is 18.6 Å². The molecule has 0 spiro atoms. The summed E-state index contributed by atoms with van der Waals surface area (Å²) in [5, 5.41) is 14.7. The molecule has 0 bridgehead atoms. The molecule has 1 aliphatic rings. The number of hydrogen-bond acceptors (Lipinski definition) is 5. The van der Waals surface area contributed by atoms with E-state index in [1.54, 1.807) is 0 Å². The van der Waals surface area contributed by atoms with Crippen LogP contribution in [0.3, 0.4) is 0 Å². The number of nitrogens with zero attached hydrogens (tertiary/aromatic N) is 1. The first-order valence-corrected chi connectivity index (χ1v) is 7.75. The Bertz CT molecular complexity index is 607. The van der Waals surface area contributed by atoms with Crippen molar-refractivity contribution >= 4 is 5.91 Å². The van der Waals surface area contributed by atoms with Gasteiger partial charge in [-0.2, -0.15) is 5.26 Å². The third-order valence-electron chi connectivity index (χ3n) is 3.34. The third-order valence-corrected chi connectivity index (χ3v) is 3.34. The minimum absolute atomic E-state index is 0.0539. The number of para-hydroxylation sites is 2. The van der Waals surface area contributed by atoms with Crippen LogP contribution in [0.25, 0.3) is 0 Å². The smallest absolute Gasteiger partial charge is 0.263 e. The summed E-state index contributed by atoms with van der Waals surface area (Å²) in [7, 11) is 0. The van der Waals surface area contributed by atoms with E-state index in [0.717, 1.165) is 18.6 Å². The van der Waals surface area contributed by atoms with E-state index in [1.807, 2.05) is 37.3 Å². The van der Waals surface area contributed by atoms with E-state index >= 15 is 0 Å². The second kappa shape index (κ2) is 8.69. The molecule has 0 fully saturated rings. The van der Waals surface area contributed by atoms with E-state index < -0.39 is 0 Å². The lowest BCUT2D eigenvalue weighted by molar-refractivity contribution is -0.117. The summed E-state index contributed by atoms with van der Waals surface area (Å²) in [6.07, 6.45) is 3.13. The molecule has 23 heavy (non-hydrogen) atoms. The molecule has 0 radical (unpaired) electrons. The Labute approximate surface area is 136 Å². The fraction of sp³-hybridized carbons (Fsp3) is 0.412. The normalized spacial score (nSPS) is 16.3. The zero-order chi connectivity index (χ0) is 16.5. The van der Waals surface area contributed by atoms with Crippen molar-refractivity contribution in [1.29, 1.82) is 5.26 Å². The molecule has 0 aromatic heterocycles. The van der Waals surface area contributed by atoms with E-state index in [-0.39, 0.29) is 17.6 Å². The van der Waals surface area contributed by atoms with Crippen molar-refractivity contribution in [3.8, 4) is 17.6 Å². The predicted octanol–water partition coefficient (Wildman–Crippen LogP) is 1.74. The number of rotatable bonds is 7. The number of ether oxygens (including phenoxy) is 2. The molecular weight excluding hydrogens is 294 g/mol. The van der Waals surface area contributed by atoms with E-state index in [2.05, 4.69) is 10.6 Å². The fourth-order valence-corrected chi connectivity index (χ4v) is 2.08. The van der Waals surface area contributed by atoms with Crippen molar-refractivity contribution in [3.05, 3.63) is 36.0 Å². The number of carbonyl (C=O) groups is 1. The zero-order valence-electron chi connectivity index (χ0n) is 13.2. The van der Waals surface area contributed by atoms with Gasteiger partial charge >= 0.3 is 0 Å². The van der Waals surface area contributed by atoms with Gasteiger partial charge in [0.05, 0.1) is 6.54 Å². The lowest BCUT2D eigenvalue weighted by atomic mass is 10.2. The second-order valence-electron chi connectivity index (χ2n) is 5.19. The summed E-state index contributed by atoms with van der Waals surface area (Å²) in [5.74, 6) is 1.07. The Morgan fingerprint density at radius 2 is 2.22 bits per heavy atom. The SMILES string of the molecule is CCCCNC(=O)/C(C#N)=C\NCC1COc2ccccc2O1. The van der Waals surface area contributed by atoms with Gasteiger partial charge in [-0.3, -0.25) is 4.79 Å². The van der Waals surface area contributed by atoms with Crippen LogP contribution in [0, 0.1) is 11.3 Å². The lowest BCUT2D eigenvalue weighted by Crippen LogP contribution is -2.37. The second-order valence-corrected chi connectivity index (χ2v) is 5.19. The van der Waals surface area contributed by atoms with E-state index in [0.29, 0.717) is 25.4 Å². The van der Waals surface area contributed by atoms with Gasteiger partial charge in [-0.1, -0.05) is 25.5 Å². The highest BCUT2D eigenvalue weighted by molar-refractivity contribution is 5.97. The highest BCUT2D eigenvalue weighted by atomic mass is 16.6. The molecule has 0 saturated carbocycles. The fourth-order valence-electron chi connectivity index (χ4n) is 2.08. The maximum atomic E-state index is 11.8. The zero-order valence-corrected chi connectivity index (χ0v) is 13.2. The number of hydrogen-bond donors (Lipinski definition) is 2. The number of benzene rings is 1. The number of fused-ring (bicyclic) bond motifs is 1. The Morgan fingerprint density at radius 1 is 1.43 bits per heavy atom. The van der Waals surface area contributed by atoms with Crippen molar-refractivity contribution < 1.29 is 14.3 Å². The van der Waals surface area contributed by atoms with Crippen LogP contribution in [-0.4, -0.2) is 31.7 Å². The first kappa shape index (κ1) is 16.7. The summed E-state index contributed by atoms with van der Waals surface area (Å²) in [6.45, 7) is 3.48. The summed E-state index contributed by atoms with van der Waals surface area (Å²) < 4.78 is 11.4. The molecule has 1 aromatic rings. The summed E-state index contributed by atoms with van der Waals surface area (Å²) in [5.41, 5.74) is 0.0539. The van der Waals surface area contributed by atoms with Crippen molar-refractivity contribution in [2.75, 3.05) is 19.7 Å². The maximum Gasteiger partial charge on any atom is 0.263 e. The number of nitriles is 1. The standard InChI is InChI=1S/C17H21N3O3/c1-2-3-8-20-17(21)13(9-18)10-19-11-14-12-22-15-6-4-5-7-16(15)23-14/h4-7,10,14,19H,2-3,8,11-12H2,1H3,(H,20,21)/b13-10-. The van der Waals surface area contributed by atoms with Gasteiger partial charge in [0.25, 0.3) is 5.91 Å². The van der Waals surface area contributed by atoms with Crippen molar-refractivity contribution in [2.45, 2.75) is 25.9 Å². The molecular formula is C17H21N3O3. The monoisotopic (exact) mass is 315 g/mol. The summed E-state index contributed by atoms with van der Waals surface area (Å²) in [4.78, 5) is 11.8. The van der Waals surface area contributed by atoms with E-state index in [9.17, 15) is 4.79 Å². The van der Waals surface area contributed by atoms with Crippen molar-refractivity contribution in [1.82, 2.24) is 10.6 Å². The van der Waals surface area contributed by atoms with Crippen molar-refractivity contribution in [3.63, 3.8) is 0 Å². The van der Waals surface area contributed by atoms with Crippen LogP contribution in [0.5, 0.6) is 11.5 Å². The highest BCUT2D eigenvalue weighted by Gasteiger charge is 2.20. The minimum atomic E-state index is -0.361. The van der Waals surface area contributed by atoms with Gasteiger partial charge in [0.1, 0.15) is 24.4 Å². The molecule has 1 heterocycles. The van der Waals surface area contributed by atoms with Crippen LogP contribution in [0.2, 0.25) is 0 Å². The maximum absolute atomic E-state index is 11.8. The minimum Gasteiger partial charge on any atom is -0.486 e. The quantitative estimate of drug-likeness (QED) is 0.455. The number of carbonyl (C=O) groups excluding carboxylic acids is 1. The van der Waals surface area contributed by atoms with E-state index in [4.69, 9.17) is 14.7 Å². The van der Waals surface area contributed by atoms with Gasteiger partial charge in [0.2, 0.25) is 0 Å². The number of unbranched alkanes of at least 4 members (excludes halogenated alkanes) is 1. The topological polar surface area (TPSA) is 83.4 Å². The first-order valence-electron chi connectivity index (χ1n) is 7.75. The van der Waals surface area contributed by atoms with Crippen LogP contribution >= 0.6 is 0 Å². The van der Waals surface area contributed by atoms with Gasteiger partial charge in [-0.15, -0.1) is 0 Å². The third kappa shape index (κ3) is 4.92. The van der Waals surface area contributed by atoms with Crippen LogP contribution in [0.15, 0.2) is 36.0 Å². The molecule has 1 amide bonds. The average molecular weight is 315 g/mol. The molecule has 0 saturated heterocycles. The van der Waals surface area contributed by atoms with Gasteiger partial charge in [0, 0.05) is 12.7 Å². The molecule has 6 heteroatoms. The molecule has 1 aliphatic heterocycles. The summed E-state index contributed by atoms with van der Waals surface area (Å²) >= 11 is 0. The van der Waals surface area contributed by atoms with Crippen LogP contribution in [-0.2, 0) is 4.79 Å². The molecule has 2 N–H and O–H groups in total. The number of nitrogens with one attached hydrogen (secondary N) is 2. The molecule has 2 rings (SSSR count). The highest BCUT2D eigenvalue weighted by Crippen LogP contribution is 2.30. The molecule has 1 aromatic carbocycles. The molecule has 122 valence electrons. The largest absolute Gasteiger partial charge is 0.486 e.